The van der Waals surface area contributed by atoms with E-state index in [1.807, 2.05) is 0 Å². The number of carbonyl (C=O) groups is 1. The summed E-state index contributed by atoms with van der Waals surface area (Å²) in [5.74, 6) is -0.514. The lowest BCUT2D eigenvalue weighted by molar-refractivity contribution is -0.385. The van der Waals surface area contributed by atoms with Gasteiger partial charge >= 0.3 is 5.69 Å². The van der Waals surface area contributed by atoms with Crippen LogP contribution in [0.5, 0.6) is 5.75 Å². The van der Waals surface area contributed by atoms with E-state index in [-0.39, 0.29) is 23.1 Å². The summed E-state index contributed by atoms with van der Waals surface area (Å²) in [6.07, 6.45) is 1.59. The van der Waals surface area contributed by atoms with Crippen LogP contribution in [0.3, 0.4) is 0 Å². The quantitative estimate of drug-likeness (QED) is 0.431. The Labute approximate surface area is 127 Å². The summed E-state index contributed by atoms with van der Waals surface area (Å²) in [5.41, 5.74) is 9.64. The number of nitro benzene ring substituents is 1. The lowest BCUT2D eigenvalue weighted by Gasteiger charge is -2.19. The van der Waals surface area contributed by atoms with Gasteiger partial charge in [-0.2, -0.15) is 0 Å². The predicted octanol–water partition coefficient (Wildman–Crippen LogP) is 2.00. The molecule has 1 aromatic rings. The summed E-state index contributed by atoms with van der Waals surface area (Å²) in [5, 5.41) is 11.1. The van der Waals surface area contributed by atoms with Crippen LogP contribution >= 0.6 is 11.6 Å². The minimum absolute atomic E-state index is 0.0505. The molecular weight excluding hydrogens is 298 g/mol. The number of carbonyl (C=O) groups excluding carboxylic acids is 1. The maximum absolute atomic E-state index is 11.0. The van der Waals surface area contributed by atoms with Crippen LogP contribution in [-0.4, -0.2) is 23.0 Å². The molecule has 1 rings (SSSR count). The number of nitrogens with zero attached hydrogens (tertiary/aromatic N) is 1. The Kier molecular flexibility index (Phi) is 5.92. The van der Waals surface area contributed by atoms with E-state index in [4.69, 9.17) is 27.8 Å². The molecule has 0 aliphatic carbocycles. The summed E-state index contributed by atoms with van der Waals surface area (Å²) in [7, 11) is 0. The van der Waals surface area contributed by atoms with Crippen molar-refractivity contribution in [1.29, 1.82) is 0 Å². The molecule has 1 unspecified atom stereocenters. The Hall–Kier alpha value is -1.86. The molecular formula is C13H18ClN3O4. The SMILES string of the molecule is CC(N)(CCCCOc1c(Cl)cccc1[N+](=O)[O-])C(N)=O. The molecule has 0 aliphatic heterocycles. The molecule has 0 saturated heterocycles. The smallest absolute Gasteiger partial charge is 0.312 e. The first-order chi connectivity index (χ1) is 9.75. The lowest BCUT2D eigenvalue weighted by atomic mass is 9.96. The number of para-hydroxylation sites is 1. The number of nitro groups is 1. The van der Waals surface area contributed by atoms with Gasteiger partial charge in [0.25, 0.3) is 0 Å². The Morgan fingerprint density at radius 3 is 2.71 bits per heavy atom. The minimum atomic E-state index is -1.06. The number of ether oxygens (including phenoxy) is 1. The Bertz CT molecular complexity index is 534. The summed E-state index contributed by atoms with van der Waals surface area (Å²) < 4.78 is 5.37. The maximum Gasteiger partial charge on any atom is 0.312 e. The first-order valence-corrected chi connectivity index (χ1v) is 6.78. The monoisotopic (exact) mass is 315 g/mol. The van der Waals surface area contributed by atoms with Gasteiger partial charge in [-0.25, -0.2) is 0 Å². The number of unbranched alkanes of at least 4 members (excludes halogenated alkanes) is 1. The third-order valence-electron chi connectivity index (χ3n) is 3.04. The number of halogens is 1. The first-order valence-electron chi connectivity index (χ1n) is 6.40. The predicted molar refractivity (Wildman–Crippen MR) is 79.2 cm³/mol. The topological polar surface area (TPSA) is 121 Å². The van der Waals surface area contributed by atoms with Crippen molar-refractivity contribution < 1.29 is 14.5 Å². The number of primary amides is 1. The summed E-state index contributed by atoms with van der Waals surface area (Å²) in [4.78, 5) is 21.4. The molecule has 21 heavy (non-hydrogen) atoms. The highest BCUT2D eigenvalue weighted by Gasteiger charge is 2.24. The number of hydrogen-bond acceptors (Lipinski definition) is 5. The van der Waals surface area contributed by atoms with Gasteiger partial charge in [0, 0.05) is 6.07 Å². The van der Waals surface area contributed by atoms with Gasteiger partial charge in [-0.3, -0.25) is 14.9 Å². The molecule has 0 aliphatic rings. The first kappa shape index (κ1) is 17.2. The van der Waals surface area contributed by atoms with Gasteiger partial charge in [0.05, 0.1) is 22.1 Å². The van der Waals surface area contributed by atoms with Gasteiger partial charge in [0.1, 0.15) is 0 Å². The standard InChI is InChI=1S/C13H18ClN3O4/c1-13(16,12(15)18)7-2-3-8-21-11-9(14)5-4-6-10(11)17(19)20/h4-6H,2-3,7-8,16H2,1H3,(H2,15,18). The highest BCUT2D eigenvalue weighted by atomic mass is 35.5. The van der Waals surface area contributed by atoms with E-state index in [1.54, 1.807) is 6.92 Å². The molecule has 0 heterocycles. The highest BCUT2D eigenvalue weighted by Crippen LogP contribution is 2.34. The zero-order chi connectivity index (χ0) is 16.0. The van der Waals surface area contributed by atoms with E-state index in [2.05, 4.69) is 0 Å². The second-order valence-electron chi connectivity index (χ2n) is 4.93. The fourth-order valence-corrected chi connectivity index (χ4v) is 1.90. The van der Waals surface area contributed by atoms with E-state index < -0.39 is 16.4 Å². The fraction of sp³-hybridized carbons (Fsp3) is 0.462. The molecule has 7 nitrogen and oxygen atoms in total. The Morgan fingerprint density at radius 2 is 2.14 bits per heavy atom. The molecule has 0 fully saturated rings. The Balaban J connectivity index is 2.51. The summed E-state index contributed by atoms with van der Waals surface area (Å²) >= 11 is 5.89. The van der Waals surface area contributed by atoms with Crippen molar-refractivity contribution in [3.8, 4) is 5.75 Å². The fourth-order valence-electron chi connectivity index (χ4n) is 1.68. The minimum Gasteiger partial charge on any atom is -0.486 e. The van der Waals surface area contributed by atoms with Crippen molar-refractivity contribution >= 4 is 23.2 Å². The average molecular weight is 316 g/mol. The number of hydrogen-bond donors (Lipinski definition) is 2. The van der Waals surface area contributed by atoms with Crippen LogP contribution in [0, 0.1) is 10.1 Å². The number of amides is 1. The normalized spacial score (nSPS) is 13.5. The number of benzene rings is 1. The van der Waals surface area contributed by atoms with Crippen molar-refractivity contribution in [2.45, 2.75) is 31.7 Å². The lowest BCUT2D eigenvalue weighted by Crippen LogP contribution is -2.49. The van der Waals surface area contributed by atoms with Crippen molar-refractivity contribution in [3.63, 3.8) is 0 Å². The second-order valence-corrected chi connectivity index (χ2v) is 5.34. The molecule has 0 bridgehead atoms. The molecule has 1 aromatic carbocycles. The molecule has 1 atom stereocenters. The van der Waals surface area contributed by atoms with E-state index >= 15 is 0 Å². The third-order valence-corrected chi connectivity index (χ3v) is 3.34. The van der Waals surface area contributed by atoms with Crippen LogP contribution in [0.1, 0.15) is 26.2 Å². The van der Waals surface area contributed by atoms with E-state index in [9.17, 15) is 14.9 Å². The molecule has 116 valence electrons. The van der Waals surface area contributed by atoms with Gasteiger partial charge in [0.2, 0.25) is 11.7 Å². The molecule has 1 amide bonds. The van der Waals surface area contributed by atoms with E-state index in [0.29, 0.717) is 19.3 Å². The van der Waals surface area contributed by atoms with E-state index in [0.717, 1.165) is 0 Å². The highest BCUT2D eigenvalue weighted by molar-refractivity contribution is 6.32. The molecule has 0 aromatic heterocycles. The van der Waals surface area contributed by atoms with Gasteiger partial charge in [-0.05, 0) is 32.3 Å². The summed E-state index contributed by atoms with van der Waals surface area (Å²) in [6, 6.07) is 4.33. The van der Waals surface area contributed by atoms with Crippen LogP contribution in [-0.2, 0) is 4.79 Å². The zero-order valence-corrected chi connectivity index (χ0v) is 12.4. The van der Waals surface area contributed by atoms with Crippen molar-refractivity contribution in [1.82, 2.24) is 0 Å². The van der Waals surface area contributed by atoms with E-state index in [1.165, 1.54) is 18.2 Å². The molecule has 0 radical (unpaired) electrons. The van der Waals surface area contributed by atoms with Crippen molar-refractivity contribution in [3.05, 3.63) is 33.3 Å². The van der Waals surface area contributed by atoms with Crippen LogP contribution in [0.2, 0.25) is 5.02 Å². The molecule has 0 spiro atoms. The Morgan fingerprint density at radius 1 is 1.48 bits per heavy atom. The van der Waals surface area contributed by atoms with Crippen molar-refractivity contribution in [2.75, 3.05) is 6.61 Å². The largest absolute Gasteiger partial charge is 0.486 e. The molecule has 4 N–H and O–H groups in total. The van der Waals surface area contributed by atoms with Crippen molar-refractivity contribution in [2.24, 2.45) is 11.5 Å². The van der Waals surface area contributed by atoms with Crippen LogP contribution in [0.15, 0.2) is 18.2 Å². The van der Waals surface area contributed by atoms with Crippen LogP contribution in [0.4, 0.5) is 5.69 Å². The van der Waals surface area contributed by atoms with Gasteiger partial charge < -0.3 is 16.2 Å². The molecule has 0 saturated carbocycles. The van der Waals surface area contributed by atoms with Gasteiger partial charge in [0.15, 0.2) is 0 Å². The number of rotatable bonds is 8. The second kappa shape index (κ2) is 7.24. The van der Waals surface area contributed by atoms with Gasteiger partial charge in [-0.1, -0.05) is 17.7 Å². The number of nitrogens with two attached hydrogens (primary N) is 2. The average Bonchev–Trinajstić information content (AvgIpc) is 2.39. The zero-order valence-electron chi connectivity index (χ0n) is 11.7. The maximum atomic E-state index is 11.0. The van der Waals surface area contributed by atoms with Crippen LogP contribution < -0.4 is 16.2 Å². The third kappa shape index (κ3) is 4.87. The summed E-state index contributed by atoms with van der Waals surface area (Å²) in [6.45, 7) is 1.80. The van der Waals surface area contributed by atoms with Crippen LogP contribution in [0.25, 0.3) is 0 Å². The van der Waals surface area contributed by atoms with Gasteiger partial charge in [-0.15, -0.1) is 0 Å². The molecule has 8 heteroatoms.